The fourth-order valence-electron chi connectivity index (χ4n) is 11.7. The molecule has 0 aliphatic carbocycles. The van der Waals surface area contributed by atoms with Gasteiger partial charge in [0.2, 0.25) is 53.2 Å². The van der Waals surface area contributed by atoms with Crippen molar-refractivity contribution >= 4 is 85.9 Å². The highest BCUT2D eigenvalue weighted by Crippen LogP contribution is 2.24. The van der Waals surface area contributed by atoms with Gasteiger partial charge in [0, 0.05) is 70.6 Å². The number of rotatable bonds is 45. The molecule has 10 atom stereocenters. The van der Waals surface area contributed by atoms with Crippen molar-refractivity contribution < 1.29 is 43.2 Å². The Balaban J connectivity index is 1.32. The van der Waals surface area contributed by atoms with Gasteiger partial charge in [0.1, 0.15) is 48.3 Å². The number of carbonyl (C=O) groups excluding carboxylic acids is 9. The molecule has 25 N–H and O–H groups in total. The molecule has 0 saturated carbocycles. The number of aromatic nitrogens is 3. The minimum absolute atomic E-state index is 0.0428. The van der Waals surface area contributed by atoms with Gasteiger partial charge in [0.25, 0.3) is 0 Å². The number of nitrogens with one attached hydrogen (secondary N) is 11. The Morgan fingerprint density at radius 2 is 0.646 bits per heavy atom. The molecule has 0 spiro atoms. The molecule has 6 aromatic rings. The average Bonchev–Trinajstić information content (AvgIpc) is 1.64. The zero-order chi connectivity index (χ0) is 69.5. The molecule has 0 aliphatic rings. The van der Waals surface area contributed by atoms with E-state index in [0.29, 0.717) is 113 Å². The highest BCUT2D eigenvalue weighted by Gasteiger charge is 2.37. The number of H-pyrrole nitrogens is 3. The first-order chi connectivity index (χ1) is 46.3. The second-order valence-corrected chi connectivity index (χ2v) is 24.9. The zero-order valence-corrected chi connectivity index (χ0v) is 55.6. The largest absolute Gasteiger partial charge is 0.368 e. The van der Waals surface area contributed by atoms with Crippen molar-refractivity contribution in [1.82, 2.24) is 57.5 Å². The van der Waals surface area contributed by atoms with Crippen molar-refractivity contribution in [2.24, 2.45) is 46.1 Å². The highest BCUT2D eigenvalue weighted by atomic mass is 16.2. The first-order valence-electron chi connectivity index (χ1n) is 34.0. The molecule has 0 unspecified atom stereocenters. The minimum Gasteiger partial charge on any atom is -0.368 e. The van der Waals surface area contributed by atoms with Crippen LogP contribution in [-0.4, -0.2) is 155 Å². The number of fused-ring (bicyclic) bond motifs is 3. The molecule has 3 aromatic carbocycles. The van der Waals surface area contributed by atoms with Gasteiger partial charge in [0.15, 0.2) is 0 Å². The van der Waals surface area contributed by atoms with Crippen LogP contribution in [0.4, 0.5) is 0 Å². The molecule has 3 heterocycles. The Morgan fingerprint density at radius 3 is 0.979 bits per heavy atom. The van der Waals surface area contributed by atoms with Crippen LogP contribution in [0.1, 0.15) is 133 Å². The van der Waals surface area contributed by atoms with Crippen LogP contribution >= 0.6 is 0 Å². The zero-order valence-electron chi connectivity index (χ0n) is 55.6. The van der Waals surface area contributed by atoms with Gasteiger partial charge in [-0.3, -0.25) is 43.2 Å². The van der Waals surface area contributed by atoms with E-state index >= 15 is 19.2 Å². The van der Waals surface area contributed by atoms with Gasteiger partial charge in [-0.2, -0.15) is 0 Å². The standard InChI is InChI=1S/C69H104N18O9/c1-3-42(2)60(69(96)80-53(61(76)88)27-11-16-32-71)87-68(95)59(38-45-41-79-52-26-9-6-22-48(45)52)85-65(92)56(30-14-19-35-74)82-63(90)55(29-13-18-34-73)83-66(93)57(36-43-39-77-50-24-7-4-20-46(43)50)86-67(94)58(37-44-40-78-51-25-8-5-21-47(44)51)84-64(91)54(28-12-17-33-72)81-62(89)49(75)23-10-15-31-70/h4-9,20-22,24-26,39-42,49,53-60,77-79H,3,10-19,23,27-38,70-75H2,1-2H3,(H2,76,88)(H,80,96)(H,81,89)(H,82,90)(H,83,93)(H,84,91)(H,85,92)(H,86,94)(H,87,95)/t42-,49-,53-,54-,55-,56-,57-,58-,59-,60-/m0/s1. The van der Waals surface area contributed by atoms with Crippen molar-refractivity contribution in [3.05, 3.63) is 108 Å². The summed E-state index contributed by atoms with van der Waals surface area (Å²) in [5, 5.41) is 25.3. The van der Waals surface area contributed by atoms with Gasteiger partial charge in [-0.1, -0.05) is 81.3 Å². The molecular formula is C69H104N18O9. The van der Waals surface area contributed by atoms with Crippen molar-refractivity contribution in [2.75, 3.05) is 32.7 Å². The highest BCUT2D eigenvalue weighted by molar-refractivity contribution is 5.99. The number of amides is 9. The van der Waals surface area contributed by atoms with Gasteiger partial charge in [-0.25, -0.2) is 0 Å². The Kier molecular flexibility index (Phi) is 31.8. The van der Waals surface area contributed by atoms with E-state index in [1.165, 1.54) is 0 Å². The number of primary amides is 1. The normalized spacial score (nSPS) is 14.6. The second kappa shape index (κ2) is 40.0. The van der Waals surface area contributed by atoms with Gasteiger partial charge in [-0.05, 0) is 163 Å². The fraction of sp³-hybridized carbons (Fsp3) is 0.522. The predicted molar refractivity (Wildman–Crippen MR) is 373 cm³/mol. The summed E-state index contributed by atoms with van der Waals surface area (Å²) in [5.41, 5.74) is 45.5. The third-order valence-corrected chi connectivity index (χ3v) is 17.6. The van der Waals surface area contributed by atoms with Crippen LogP contribution in [0.2, 0.25) is 0 Å². The third kappa shape index (κ3) is 23.0. The third-order valence-electron chi connectivity index (χ3n) is 17.6. The molecule has 27 nitrogen and oxygen atoms in total. The summed E-state index contributed by atoms with van der Waals surface area (Å²) < 4.78 is 0. The monoisotopic (exact) mass is 1330 g/mol. The predicted octanol–water partition coefficient (Wildman–Crippen LogP) is 1.54. The molecule has 0 aliphatic heterocycles. The van der Waals surface area contributed by atoms with Crippen LogP contribution in [0.15, 0.2) is 91.4 Å². The summed E-state index contributed by atoms with van der Waals surface area (Å²) >= 11 is 0. The molecule has 0 fully saturated rings. The number of para-hydroxylation sites is 3. The Bertz CT molecular complexity index is 3480. The summed E-state index contributed by atoms with van der Waals surface area (Å²) in [6.07, 6.45) is 11.3. The number of unbranched alkanes of at least 4 members (excludes halogenated alkanes) is 5. The van der Waals surface area contributed by atoms with E-state index in [-0.39, 0.29) is 58.0 Å². The van der Waals surface area contributed by atoms with Crippen LogP contribution in [0.5, 0.6) is 0 Å². The lowest BCUT2D eigenvalue weighted by molar-refractivity contribution is -0.136. The fourth-order valence-corrected chi connectivity index (χ4v) is 11.7. The molecule has 9 amide bonds. The van der Waals surface area contributed by atoms with Crippen LogP contribution in [0, 0.1) is 5.92 Å². The molecule has 0 saturated heterocycles. The smallest absolute Gasteiger partial charge is 0.243 e. The Morgan fingerprint density at radius 1 is 0.365 bits per heavy atom. The molecular weight excluding hydrogens is 1220 g/mol. The van der Waals surface area contributed by atoms with Crippen molar-refractivity contribution in [3.63, 3.8) is 0 Å². The summed E-state index contributed by atoms with van der Waals surface area (Å²) in [4.78, 5) is 140. The first kappa shape index (κ1) is 76.3. The maximum Gasteiger partial charge on any atom is 0.243 e. The molecule has 3 aromatic heterocycles. The molecule has 96 heavy (non-hydrogen) atoms. The number of hydrogen-bond donors (Lipinski definition) is 18. The van der Waals surface area contributed by atoms with E-state index in [2.05, 4.69) is 57.5 Å². The van der Waals surface area contributed by atoms with E-state index in [1.807, 2.05) is 79.7 Å². The van der Waals surface area contributed by atoms with Crippen molar-refractivity contribution in [3.8, 4) is 0 Å². The molecule has 27 heteroatoms. The van der Waals surface area contributed by atoms with Gasteiger partial charge in [0.05, 0.1) is 6.04 Å². The summed E-state index contributed by atoms with van der Waals surface area (Å²) in [7, 11) is 0. The quantitative estimate of drug-likeness (QED) is 0.0241. The van der Waals surface area contributed by atoms with Gasteiger partial charge in [-0.15, -0.1) is 0 Å². The number of benzene rings is 3. The molecule has 0 radical (unpaired) electrons. The molecule has 0 bridgehead atoms. The van der Waals surface area contributed by atoms with Crippen LogP contribution in [-0.2, 0) is 62.4 Å². The Labute approximate surface area is 561 Å². The second-order valence-electron chi connectivity index (χ2n) is 24.9. The summed E-state index contributed by atoms with van der Waals surface area (Å²) in [6, 6.07) is 11.3. The number of aromatic amines is 3. The first-order valence-corrected chi connectivity index (χ1v) is 34.0. The number of nitrogens with two attached hydrogens (primary N) is 7. The molecule has 6 rings (SSSR count). The number of carbonyl (C=O) groups is 9. The maximum atomic E-state index is 15.3. The minimum atomic E-state index is -1.40. The lowest BCUT2D eigenvalue weighted by Gasteiger charge is -2.29. The summed E-state index contributed by atoms with van der Waals surface area (Å²) in [6.45, 7) is 5.28. The van der Waals surface area contributed by atoms with Crippen molar-refractivity contribution in [2.45, 2.75) is 190 Å². The SMILES string of the molecule is CC[C@H](C)[C@H](NC(=O)[C@H](Cc1c[nH]c2ccccc12)NC(=O)[C@H](CCCCN)NC(=O)[C@H](CCCCN)NC(=O)[C@H](Cc1c[nH]c2ccccc12)NC(=O)[C@H](Cc1c[nH]c2ccccc12)NC(=O)[C@H](CCCCN)NC(=O)[C@@H](N)CCCCN)C(=O)N[C@@H](CCCCN)C(N)=O. The van der Waals surface area contributed by atoms with Crippen LogP contribution in [0.3, 0.4) is 0 Å². The van der Waals surface area contributed by atoms with Gasteiger partial charge < -0.3 is 97.6 Å². The van der Waals surface area contributed by atoms with E-state index < -0.39 is 113 Å². The van der Waals surface area contributed by atoms with E-state index in [9.17, 15) is 24.0 Å². The topological polar surface area (TPSA) is 479 Å². The average molecular weight is 1330 g/mol. The van der Waals surface area contributed by atoms with Crippen LogP contribution < -0.4 is 82.7 Å². The lowest BCUT2D eigenvalue weighted by atomic mass is 9.96. The molecule has 524 valence electrons. The van der Waals surface area contributed by atoms with Gasteiger partial charge >= 0.3 is 0 Å². The Hall–Kier alpha value is -8.73. The maximum absolute atomic E-state index is 15.3. The van der Waals surface area contributed by atoms with Crippen molar-refractivity contribution in [1.29, 1.82) is 0 Å². The van der Waals surface area contributed by atoms with E-state index in [0.717, 1.165) is 32.7 Å². The lowest BCUT2D eigenvalue weighted by Crippen LogP contribution is -2.61. The number of hydrogen-bond acceptors (Lipinski definition) is 15. The van der Waals surface area contributed by atoms with E-state index in [4.69, 9.17) is 40.1 Å². The van der Waals surface area contributed by atoms with Crippen LogP contribution in [0.25, 0.3) is 32.7 Å². The summed E-state index contributed by atoms with van der Waals surface area (Å²) in [5.74, 6) is -6.79. The van der Waals surface area contributed by atoms with E-state index in [1.54, 1.807) is 25.5 Å².